The van der Waals surface area contributed by atoms with Gasteiger partial charge in [0.15, 0.2) is 0 Å². The summed E-state index contributed by atoms with van der Waals surface area (Å²) in [6.45, 7) is 3.29. The molecular formula is C11H11F3O3. The van der Waals surface area contributed by atoms with Gasteiger partial charge in [0, 0.05) is 6.07 Å². The minimum atomic E-state index is -5.05. The van der Waals surface area contributed by atoms with Crippen LogP contribution in [0.2, 0.25) is 0 Å². The first-order chi connectivity index (χ1) is 7.64. The van der Waals surface area contributed by atoms with Gasteiger partial charge in [-0.15, -0.1) is 0 Å². The number of rotatable bonds is 2. The molecule has 0 spiro atoms. The molecule has 0 heterocycles. The summed E-state index contributed by atoms with van der Waals surface area (Å²) < 4.78 is 36.7. The number of phenolic OH excluding ortho intramolecular Hbond substituents is 2. The van der Waals surface area contributed by atoms with E-state index in [2.05, 4.69) is 0 Å². The van der Waals surface area contributed by atoms with Crippen molar-refractivity contribution in [2.75, 3.05) is 0 Å². The Morgan fingerprint density at radius 2 is 1.71 bits per heavy atom. The topological polar surface area (TPSA) is 57.5 Å². The molecule has 17 heavy (non-hydrogen) atoms. The SMILES string of the molecule is CC(C)c1cc(C(=O)C(F)(F)F)c(O)cc1O. The molecule has 6 heteroatoms. The highest BCUT2D eigenvalue weighted by atomic mass is 19.4. The lowest BCUT2D eigenvalue weighted by Crippen LogP contribution is -2.23. The lowest BCUT2D eigenvalue weighted by Gasteiger charge is -2.13. The molecule has 0 atom stereocenters. The monoisotopic (exact) mass is 248 g/mol. The second-order valence-electron chi connectivity index (χ2n) is 3.91. The lowest BCUT2D eigenvalue weighted by atomic mass is 9.97. The molecule has 0 aliphatic carbocycles. The maximum atomic E-state index is 12.2. The minimum Gasteiger partial charge on any atom is -0.508 e. The van der Waals surface area contributed by atoms with Crippen molar-refractivity contribution in [3.63, 3.8) is 0 Å². The number of benzene rings is 1. The van der Waals surface area contributed by atoms with Gasteiger partial charge in [0.2, 0.25) is 0 Å². The standard InChI is InChI=1S/C11H11F3O3/c1-5(2)6-3-7(9(16)4-8(6)15)10(17)11(12,13)14/h3-5,15-16H,1-2H3. The largest absolute Gasteiger partial charge is 0.508 e. The van der Waals surface area contributed by atoms with Gasteiger partial charge >= 0.3 is 6.18 Å². The fourth-order valence-electron chi connectivity index (χ4n) is 1.39. The Morgan fingerprint density at radius 1 is 1.18 bits per heavy atom. The highest BCUT2D eigenvalue weighted by Crippen LogP contribution is 2.35. The molecule has 0 aromatic heterocycles. The number of halogens is 3. The number of carbonyl (C=O) groups excluding carboxylic acids is 1. The summed E-state index contributed by atoms with van der Waals surface area (Å²) in [4.78, 5) is 11.0. The van der Waals surface area contributed by atoms with Crippen molar-refractivity contribution in [1.29, 1.82) is 0 Å². The zero-order valence-electron chi connectivity index (χ0n) is 9.17. The summed E-state index contributed by atoms with van der Waals surface area (Å²) in [6, 6.07) is 1.61. The van der Waals surface area contributed by atoms with Crippen molar-refractivity contribution in [3.8, 4) is 11.5 Å². The highest BCUT2D eigenvalue weighted by Gasteiger charge is 2.41. The normalized spacial score (nSPS) is 11.9. The third kappa shape index (κ3) is 2.69. The van der Waals surface area contributed by atoms with Crippen LogP contribution in [0.4, 0.5) is 13.2 Å². The van der Waals surface area contributed by atoms with Crippen LogP contribution in [-0.2, 0) is 0 Å². The molecule has 0 radical (unpaired) electrons. The first-order valence-electron chi connectivity index (χ1n) is 4.82. The number of hydrogen-bond donors (Lipinski definition) is 2. The molecule has 3 nitrogen and oxygen atoms in total. The number of carbonyl (C=O) groups is 1. The molecule has 0 saturated heterocycles. The number of alkyl halides is 3. The average Bonchev–Trinajstić information content (AvgIpc) is 2.14. The molecule has 0 unspecified atom stereocenters. The number of aromatic hydroxyl groups is 2. The van der Waals surface area contributed by atoms with Crippen LogP contribution in [0.3, 0.4) is 0 Å². The van der Waals surface area contributed by atoms with Gasteiger partial charge in [-0.3, -0.25) is 4.79 Å². The zero-order chi connectivity index (χ0) is 13.4. The fraction of sp³-hybridized carbons (Fsp3) is 0.364. The van der Waals surface area contributed by atoms with Gasteiger partial charge < -0.3 is 10.2 Å². The van der Waals surface area contributed by atoms with Gasteiger partial charge in [-0.1, -0.05) is 13.8 Å². The van der Waals surface area contributed by atoms with Crippen molar-refractivity contribution in [1.82, 2.24) is 0 Å². The first kappa shape index (κ1) is 13.3. The minimum absolute atomic E-state index is 0.176. The zero-order valence-corrected chi connectivity index (χ0v) is 9.17. The van der Waals surface area contributed by atoms with Crippen molar-refractivity contribution in [2.24, 2.45) is 0 Å². The van der Waals surface area contributed by atoms with Crippen molar-refractivity contribution < 1.29 is 28.2 Å². The van der Waals surface area contributed by atoms with Crippen LogP contribution in [0.15, 0.2) is 12.1 Å². The summed E-state index contributed by atoms with van der Waals surface area (Å²) in [6.07, 6.45) is -5.05. The summed E-state index contributed by atoms with van der Waals surface area (Å²) >= 11 is 0. The van der Waals surface area contributed by atoms with E-state index in [4.69, 9.17) is 0 Å². The quantitative estimate of drug-likeness (QED) is 0.791. The van der Waals surface area contributed by atoms with Crippen LogP contribution < -0.4 is 0 Å². The summed E-state index contributed by atoms with van der Waals surface area (Å²) in [5.41, 5.74) is -0.672. The van der Waals surface area contributed by atoms with E-state index in [0.29, 0.717) is 0 Å². The predicted octanol–water partition coefficient (Wildman–Crippen LogP) is 2.97. The second kappa shape index (κ2) is 4.27. The van der Waals surface area contributed by atoms with E-state index >= 15 is 0 Å². The van der Waals surface area contributed by atoms with Gasteiger partial charge in [0.25, 0.3) is 5.78 Å². The molecule has 0 aliphatic heterocycles. The van der Waals surface area contributed by atoms with E-state index in [9.17, 15) is 28.2 Å². The molecule has 1 aromatic carbocycles. The Morgan fingerprint density at radius 3 is 2.12 bits per heavy atom. The lowest BCUT2D eigenvalue weighted by molar-refractivity contribution is -0.0886. The van der Waals surface area contributed by atoms with Gasteiger partial charge in [-0.25, -0.2) is 0 Å². The molecule has 2 N–H and O–H groups in total. The van der Waals surface area contributed by atoms with E-state index in [1.165, 1.54) is 0 Å². The van der Waals surface area contributed by atoms with Gasteiger partial charge in [-0.2, -0.15) is 13.2 Å². The van der Waals surface area contributed by atoms with Crippen molar-refractivity contribution in [2.45, 2.75) is 25.9 Å². The number of phenols is 2. The third-order valence-corrected chi connectivity index (χ3v) is 2.27. The van der Waals surface area contributed by atoms with Crippen LogP contribution in [0, 0.1) is 0 Å². The Labute approximate surface area is 95.5 Å². The van der Waals surface area contributed by atoms with Crippen LogP contribution in [-0.4, -0.2) is 22.2 Å². The summed E-state index contributed by atoms with van der Waals surface area (Å²) in [7, 11) is 0. The smallest absolute Gasteiger partial charge is 0.455 e. The van der Waals surface area contributed by atoms with Gasteiger partial charge in [0.05, 0.1) is 5.56 Å². The van der Waals surface area contributed by atoms with Crippen LogP contribution in [0.1, 0.15) is 35.7 Å². The van der Waals surface area contributed by atoms with E-state index in [1.54, 1.807) is 13.8 Å². The predicted molar refractivity (Wildman–Crippen MR) is 54.2 cm³/mol. The molecule has 0 saturated carbocycles. The Balaban J connectivity index is 3.35. The highest BCUT2D eigenvalue weighted by molar-refractivity contribution is 6.02. The average molecular weight is 248 g/mol. The van der Waals surface area contributed by atoms with Gasteiger partial charge in [0.1, 0.15) is 11.5 Å². The summed E-state index contributed by atoms with van der Waals surface area (Å²) in [5.74, 6) is -3.61. The number of ketones is 1. The fourth-order valence-corrected chi connectivity index (χ4v) is 1.39. The molecule has 0 bridgehead atoms. The van der Waals surface area contributed by atoms with E-state index < -0.39 is 23.3 Å². The Hall–Kier alpha value is -1.72. The Kier molecular flexibility index (Phi) is 3.35. The molecule has 0 amide bonds. The first-order valence-corrected chi connectivity index (χ1v) is 4.82. The van der Waals surface area contributed by atoms with E-state index in [1.807, 2.05) is 0 Å². The van der Waals surface area contributed by atoms with E-state index in [-0.39, 0.29) is 17.2 Å². The van der Waals surface area contributed by atoms with Crippen molar-refractivity contribution in [3.05, 3.63) is 23.3 Å². The third-order valence-electron chi connectivity index (χ3n) is 2.27. The van der Waals surface area contributed by atoms with Gasteiger partial charge in [-0.05, 0) is 17.5 Å². The number of hydrogen-bond acceptors (Lipinski definition) is 3. The molecule has 1 rings (SSSR count). The maximum Gasteiger partial charge on any atom is 0.455 e. The van der Waals surface area contributed by atoms with Crippen molar-refractivity contribution >= 4 is 5.78 Å². The second-order valence-corrected chi connectivity index (χ2v) is 3.91. The molecule has 0 fully saturated rings. The molecule has 94 valence electrons. The molecule has 1 aromatic rings. The Bertz CT molecular complexity index is 450. The van der Waals surface area contributed by atoms with Crippen LogP contribution in [0.25, 0.3) is 0 Å². The van der Waals surface area contributed by atoms with E-state index in [0.717, 1.165) is 12.1 Å². The van der Waals surface area contributed by atoms with Crippen LogP contribution in [0.5, 0.6) is 11.5 Å². The molecular weight excluding hydrogens is 237 g/mol. The maximum absolute atomic E-state index is 12.2. The number of Topliss-reactive ketones (excluding diaryl/α,β-unsaturated/α-hetero) is 1. The summed E-state index contributed by atoms with van der Waals surface area (Å²) in [5, 5.41) is 18.7. The molecule has 0 aliphatic rings. The van der Waals surface area contributed by atoms with Crippen LogP contribution >= 0.6 is 0 Å².